The Morgan fingerprint density at radius 1 is 1.00 bits per heavy atom. The molecule has 1 fully saturated rings. The standard InChI is InChI=1S/C18H34N2/c1-14(2)10-19-13-18(7)9-16(20-11-15(3)4)8-17(5,6)12-18/h10-11,14-16H,8-9,12-13H2,1-7H3/b19-10-,20-11-. The third kappa shape index (κ3) is 6.19. The van der Waals surface area contributed by atoms with Crippen LogP contribution in [0.4, 0.5) is 0 Å². The molecule has 2 atom stereocenters. The first kappa shape index (κ1) is 17.4. The van der Waals surface area contributed by atoms with Crippen LogP contribution in [0.3, 0.4) is 0 Å². The van der Waals surface area contributed by atoms with Gasteiger partial charge in [0.25, 0.3) is 0 Å². The van der Waals surface area contributed by atoms with Crippen molar-refractivity contribution in [2.24, 2.45) is 32.7 Å². The molecule has 1 saturated carbocycles. The molecule has 0 saturated heterocycles. The Kier molecular flexibility index (Phi) is 5.97. The molecule has 0 heterocycles. The predicted octanol–water partition coefficient (Wildman–Crippen LogP) is 5.03. The van der Waals surface area contributed by atoms with Gasteiger partial charge in [-0.3, -0.25) is 9.98 Å². The molecule has 1 rings (SSSR count). The van der Waals surface area contributed by atoms with Crippen molar-refractivity contribution >= 4 is 12.4 Å². The van der Waals surface area contributed by atoms with Gasteiger partial charge in [-0.25, -0.2) is 0 Å². The van der Waals surface area contributed by atoms with E-state index in [2.05, 4.69) is 65.9 Å². The van der Waals surface area contributed by atoms with Gasteiger partial charge in [0.1, 0.15) is 0 Å². The van der Waals surface area contributed by atoms with Gasteiger partial charge < -0.3 is 0 Å². The van der Waals surface area contributed by atoms with E-state index in [9.17, 15) is 0 Å². The van der Waals surface area contributed by atoms with Crippen LogP contribution in [0.5, 0.6) is 0 Å². The van der Waals surface area contributed by atoms with Crippen molar-refractivity contribution in [1.29, 1.82) is 0 Å². The van der Waals surface area contributed by atoms with E-state index in [0.717, 1.165) is 6.54 Å². The van der Waals surface area contributed by atoms with Crippen molar-refractivity contribution in [3.05, 3.63) is 0 Å². The summed E-state index contributed by atoms with van der Waals surface area (Å²) < 4.78 is 0. The second-order valence-electron chi connectivity index (χ2n) is 8.49. The van der Waals surface area contributed by atoms with Gasteiger partial charge in [-0.15, -0.1) is 0 Å². The number of hydrogen-bond donors (Lipinski definition) is 0. The summed E-state index contributed by atoms with van der Waals surface area (Å²) in [6.07, 6.45) is 7.86. The van der Waals surface area contributed by atoms with Crippen molar-refractivity contribution in [2.75, 3.05) is 6.54 Å². The summed E-state index contributed by atoms with van der Waals surface area (Å²) in [5, 5.41) is 0. The van der Waals surface area contributed by atoms with Crippen LogP contribution in [0.1, 0.15) is 67.7 Å². The van der Waals surface area contributed by atoms with Crippen molar-refractivity contribution in [1.82, 2.24) is 0 Å². The summed E-state index contributed by atoms with van der Waals surface area (Å²) in [4.78, 5) is 9.52. The van der Waals surface area contributed by atoms with E-state index < -0.39 is 0 Å². The van der Waals surface area contributed by atoms with E-state index in [0.29, 0.717) is 28.7 Å². The first-order chi connectivity index (χ1) is 9.12. The van der Waals surface area contributed by atoms with Gasteiger partial charge in [-0.2, -0.15) is 0 Å². The molecule has 116 valence electrons. The smallest absolute Gasteiger partial charge is 0.0506 e. The normalized spacial score (nSPS) is 30.9. The second-order valence-corrected chi connectivity index (χ2v) is 8.49. The molecule has 0 aromatic heterocycles. The van der Waals surface area contributed by atoms with Gasteiger partial charge in [-0.05, 0) is 41.9 Å². The minimum Gasteiger partial charge on any atom is -0.297 e. The Morgan fingerprint density at radius 3 is 2.15 bits per heavy atom. The Balaban J connectivity index is 2.75. The van der Waals surface area contributed by atoms with Crippen molar-refractivity contribution in [2.45, 2.75) is 73.8 Å². The van der Waals surface area contributed by atoms with E-state index in [1.807, 2.05) is 0 Å². The van der Waals surface area contributed by atoms with Gasteiger partial charge in [0.15, 0.2) is 0 Å². The Bertz CT molecular complexity index is 352. The lowest BCUT2D eigenvalue weighted by Crippen LogP contribution is -2.39. The van der Waals surface area contributed by atoms with Crippen LogP contribution in [0.25, 0.3) is 0 Å². The lowest BCUT2D eigenvalue weighted by Gasteiger charge is -2.45. The zero-order valence-corrected chi connectivity index (χ0v) is 14.6. The molecule has 1 aliphatic carbocycles. The molecular formula is C18H34N2. The summed E-state index contributed by atoms with van der Waals surface area (Å²) in [5.41, 5.74) is 0.672. The number of nitrogens with zero attached hydrogens (tertiary/aromatic N) is 2. The molecule has 2 heteroatoms. The molecule has 20 heavy (non-hydrogen) atoms. The Morgan fingerprint density at radius 2 is 1.60 bits per heavy atom. The molecule has 0 radical (unpaired) electrons. The van der Waals surface area contributed by atoms with Gasteiger partial charge >= 0.3 is 0 Å². The minimum absolute atomic E-state index is 0.298. The summed E-state index contributed by atoms with van der Waals surface area (Å²) in [6, 6.07) is 0.473. The minimum atomic E-state index is 0.298. The topological polar surface area (TPSA) is 24.7 Å². The van der Waals surface area contributed by atoms with Crippen LogP contribution in [-0.2, 0) is 0 Å². The summed E-state index contributed by atoms with van der Waals surface area (Å²) in [5.74, 6) is 1.09. The van der Waals surface area contributed by atoms with E-state index in [1.54, 1.807) is 0 Å². The SMILES string of the molecule is CC(C)/C=N\CC1(C)CC(/N=C\C(C)C)CC(C)(C)C1. The zero-order valence-electron chi connectivity index (χ0n) is 14.6. The summed E-state index contributed by atoms with van der Waals surface area (Å²) in [7, 11) is 0. The molecular weight excluding hydrogens is 244 g/mol. The van der Waals surface area contributed by atoms with Crippen LogP contribution in [0, 0.1) is 22.7 Å². The molecule has 0 aliphatic heterocycles. The highest BCUT2D eigenvalue weighted by Crippen LogP contribution is 2.47. The Labute approximate surface area is 126 Å². The maximum Gasteiger partial charge on any atom is 0.0506 e. The first-order valence-corrected chi connectivity index (χ1v) is 8.15. The molecule has 0 bridgehead atoms. The molecule has 2 unspecified atom stereocenters. The third-order valence-corrected chi connectivity index (χ3v) is 3.89. The molecule has 0 aromatic rings. The van der Waals surface area contributed by atoms with E-state index >= 15 is 0 Å². The quantitative estimate of drug-likeness (QED) is 0.630. The molecule has 0 aromatic carbocycles. The van der Waals surface area contributed by atoms with E-state index in [-0.39, 0.29) is 0 Å². The molecule has 2 nitrogen and oxygen atoms in total. The second kappa shape index (κ2) is 6.87. The molecule has 1 aliphatic rings. The third-order valence-electron chi connectivity index (χ3n) is 3.89. The molecule has 0 amide bonds. The lowest BCUT2D eigenvalue weighted by molar-refractivity contribution is 0.0916. The van der Waals surface area contributed by atoms with Crippen LogP contribution in [0.15, 0.2) is 9.98 Å². The van der Waals surface area contributed by atoms with Gasteiger partial charge in [0.05, 0.1) is 6.04 Å². The number of hydrogen-bond acceptors (Lipinski definition) is 2. The van der Waals surface area contributed by atoms with Crippen LogP contribution in [-0.4, -0.2) is 25.0 Å². The average molecular weight is 278 g/mol. The highest BCUT2D eigenvalue weighted by Gasteiger charge is 2.40. The summed E-state index contributed by atoms with van der Waals surface area (Å²) >= 11 is 0. The molecule has 0 N–H and O–H groups in total. The number of rotatable bonds is 5. The zero-order chi connectivity index (χ0) is 15.4. The van der Waals surface area contributed by atoms with Crippen LogP contribution in [0.2, 0.25) is 0 Å². The lowest BCUT2D eigenvalue weighted by atomic mass is 9.63. The largest absolute Gasteiger partial charge is 0.297 e. The summed E-state index contributed by atoms with van der Waals surface area (Å²) in [6.45, 7) is 16.9. The van der Waals surface area contributed by atoms with Gasteiger partial charge in [-0.1, -0.05) is 48.5 Å². The molecule has 0 spiro atoms. The number of aliphatic imine (C=N–C) groups is 2. The highest BCUT2D eigenvalue weighted by molar-refractivity contribution is 5.60. The van der Waals surface area contributed by atoms with Crippen LogP contribution < -0.4 is 0 Å². The van der Waals surface area contributed by atoms with E-state index in [1.165, 1.54) is 19.3 Å². The van der Waals surface area contributed by atoms with E-state index in [4.69, 9.17) is 4.99 Å². The van der Waals surface area contributed by atoms with Gasteiger partial charge in [0, 0.05) is 19.0 Å². The van der Waals surface area contributed by atoms with Gasteiger partial charge in [0.2, 0.25) is 0 Å². The maximum absolute atomic E-state index is 4.84. The van der Waals surface area contributed by atoms with Crippen molar-refractivity contribution < 1.29 is 0 Å². The van der Waals surface area contributed by atoms with Crippen LogP contribution >= 0.6 is 0 Å². The average Bonchev–Trinajstić information content (AvgIpc) is 2.22. The Hall–Kier alpha value is -0.660. The monoisotopic (exact) mass is 278 g/mol. The maximum atomic E-state index is 4.84. The fourth-order valence-electron chi connectivity index (χ4n) is 3.58. The fraction of sp³-hybridized carbons (Fsp3) is 0.889. The first-order valence-electron chi connectivity index (χ1n) is 8.15. The van der Waals surface area contributed by atoms with Crippen molar-refractivity contribution in [3.8, 4) is 0 Å². The predicted molar refractivity (Wildman–Crippen MR) is 91.1 cm³/mol. The highest BCUT2D eigenvalue weighted by atomic mass is 14.8. The fourth-order valence-corrected chi connectivity index (χ4v) is 3.58. The van der Waals surface area contributed by atoms with Crippen molar-refractivity contribution in [3.63, 3.8) is 0 Å².